The van der Waals surface area contributed by atoms with Crippen LogP contribution in [0.1, 0.15) is 37.8 Å². The van der Waals surface area contributed by atoms with E-state index in [1.165, 1.54) is 6.07 Å². The molecule has 0 spiro atoms. The van der Waals surface area contributed by atoms with Crippen molar-refractivity contribution < 1.29 is 9.13 Å². The Morgan fingerprint density at radius 3 is 2.71 bits per heavy atom. The fourth-order valence-corrected chi connectivity index (χ4v) is 1.80. The lowest BCUT2D eigenvalue weighted by atomic mass is 10.1. The number of benzene rings is 1. The first-order chi connectivity index (χ1) is 8.25. The Labute approximate surface area is 103 Å². The number of hydrogen-bond acceptors (Lipinski definition) is 2. The molecule has 1 aromatic rings. The lowest BCUT2D eigenvalue weighted by Crippen LogP contribution is -2.20. The summed E-state index contributed by atoms with van der Waals surface area (Å²) in [4.78, 5) is 0. The lowest BCUT2D eigenvalue weighted by molar-refractivity contribution is 0.192. The van der Waals surface area contributed by atoms with E-state index in [9.17, 15) is 4.39 Å². The van der Waals surface area contributed by atoms with Crippen LogP contribution in [0.4, 0.5) is 4.39 Å². The molecule has 0 aliphatic rings. The van der Waals surface area contributed by atoms with Crippen molar-refractivity contribution in [1.82, 2.24) is 5.32 Å². The van der Waals surface area contributed by atoms with E-state index in [0.717, 1.165) is 38.0 Å². The predicted molar refractivity (Wildman–Crippen MR) is 68.5 cm³/mol. The van der Waals surface area contributed by atoms with Crippen LogP contribution in [-0.2, 0) is 4.74 Å². The minimum Gasteiger partial charge on any atom is -0.385 e. The van der Waals surface area contributed by atoms with Crippen LogP contribution in [0.3, 0.4) is 0 Å². The smallest absolute Gasteiger partial charge is 0.127 e. The molecule has 0 heterocycles. The predicted octanol–water partition coefficient (Wildman–Crippen LogP) is 3.29. The molecule has 1 aromatic carbocycles. The molecule has 0 aliphatic carbocycles. The van der Waals surface area contributed by atoms with E-state index < -0.39 is 0 Å². The molecule has 2 nitrogen and oxygen atoms in total. The van der Waals surface area contributed by atoms with Crippen LogP contribution in [0.2, 0.25) is 0 Å². The Kier molecular flexibility index (Phi) is 6.82. The Balaban J connectivity index is 2.21. The maximum absolute atomic E-state index is 13.5. The van der Waals surface area contributed by atoms with Crippen molar-refractivity contribution in [1.29, 1.82) is 0 Å². The van der Waals surface area contributed by atoms with E-state index >= 15 is 0 Å². The molecule has 1 atom stereocenters. The standard InChI is InChI=1S/C14H22FNO/c1-12(13-8-4-5-9-14(13)15)16-10-6-3-7-11-17-2/h4-5,8-9,12,16H,3,6-7,10-11H2,1-2H3. The number of methoxy groups -OCH3 is 1. The monoisotopic (exact) mass is 239 g/mol. The summed E-state index contributed by atoms with van der Waals surface area (Å²) in [6.45, 7) is 3.73. The number of ether oxygens (including phenoxy) is 1. The highest BCUT2D eigenvalue weighted by molar-refractivity contribution is 5.20. The summed E-state index contributed by atoms with van der Waals surface area (Å²) in [5, 5.41) is 3.34. The summed E-state index contributed by atoms with van der Waals surface area (Å²) < 4.78 is 18.4. The van der Waals surface area contributed by atoms with Gasteiger partial charge in [-0.1, -0.05) is 18.2 Å². The topological polar surface area (TPSA) is 21.3 Å². The van der Waals surface area contributed by atoms with Gasteiger partial charge in [-0.05, 0) is 38.8 Å². The van der Waals surface area contributed by atoms with Crippen LogP contribution in [0.25, 0.3) is 0 Å². The fourth-order valence-electron chi connectivity index (χ4n) is 1.80. The van der Waals surface area contributed by atoms with Crippen molar-refractivity contribution in [2.75, 3.05) is 20.3 Å². The largest absolute Gasteiger partial charge is 0.385 e. The van der Waals surface area contributed by atoms with Gasteiger partial charge in [0.15, 0.2) is 0 Å². The molecule has 0 aliphatic heterocycles. The molecule has 3 heteroatoms. The molecule has 0 aromatic heterocycles. The van der Waals surface area contributed by atoms with Gasteiger partial charge in [0.25, 0.3) is 0 Å². The second kappa shape index (κ2) is 8.20. The average Bonchev–Trinajstić information content (AvgIpc) is 2.34. The Bertz CT molecular complexity index is 317. The van der Waals surface area contributed by atoms with Crippen LogP contribution in [0.15, 0.2) is 24.3 Å². The number of hydrogen-bond donors (Lipinski definition) is 1. The van der Waals surface area contributed by atoms with Gasteiger partial charge >= 0.3 is 0 Å². The van der Waals surface area contributed by atoms with Gasteiger partial charge in [-0.2, -0.15) is 0 Å². The number of nitrogens with one attached hydrogen (secondary N) is 1. The van der Waals surface area contributed by atoms with Crippen LogP contribution in [0.5, 0.6) is 0 Å². The zero-order chi connectivity index (χ0) is 12.5. The van der Waals surface area contributed by atoms with Crippen molar-refractivity contribution in [3.8, 4) is 0 Å². The molecule has 0 bridgehead atoms. The van der Waals surface area contributed by atoms with Crippen LogP contribution in [0, 0.1) is 5.82 Å². The van der Waals surface area contributed by atoms with Gasteiger partial charge in [-0.15, -0.1) is 0 Å². The molecule has 96 valence electrons. The Morgan fingerprint density at radius 1 is 1.24 bits per heavy atom. The molecule has 0 saturated heterocycles. The summed E-state index contributed by atoms with van der Waals surface area (Å²) in [7, 11) is 1.72. The summed E-state index contributed by atoms with van der Waals surface area (Å²) in [6.07, 6.45) is 3.33. The van der Waals surface area contributed by atoms with Crippen molar-refractivity contribution in [2.24, 2.45) is 0 Å². The van der Waals surface area contributed by atoms with Gasteiger partial charge in [0.1, 0.15) is 5.82 Å². The van der Waals surface area contributed by atoms with Gasteiger partial charge in [-0.3, -0.25) is 0 Å². The summed E-state index contributed by atoms with van der Waals surface area (Å²) >= 11 is 0. The van der Waals surface area contributed by atoms with Crippen molar-refractivity contribution in [2.45, 2.75) is 32.2 Å². The van der Waals surface area contributed by atoms with Crippen LogP contribution < -0.4 is 5.32 Å². The zero-order valence-corrected chi connectivity index (χ0v) is 10.7. The highest BCUT2D eigenvalue weighted by Crippen LogP contribution is 2.15. The number of halogens is 1. The van der Waals surface area contributed by atoms with E-state index in [1.807, 2.05) is 19.1 Å². The van der Waals surface area contributed by atoms with Gasteiger partial charge in [0.2, 0.25) is 0 Å². The molecule has 17 heavy (non-hydrogen) atoms. The second-order valence-electron chi connectivity index (χ2n) is 4.25. The minimum absolute atomic E-state index is 0.0682. The van der Waals surface area contributed by atoms with Crippen molar-refractivity contribution in [3.63, 3.8) is 0 Å². The molecule has 1 unspecified atom stereocenters. The first-order valence-corrected chi connectivity index (χ1v) is 6.22. The fraction of sp³-hybridized carbons (Fsp3) is 0.571. The van der Waals surface area contributed by atoms with Gasteiger partial charge in [-0.25, -0.2) is 4.39 Å². The molecule has 0 radical (unpaired) electrons. The number of unbranched alkanes of at least 4 members (excludes halogenated alkanes) is 2. The van der Waals surface area contributed by atoms with E-state index in [-0.39, 0.29) is 11.9 Å². The van der Waals surface area contributed by atoms with E-state index in [4.69, 9.17) is 4.74 Å². The molecular weight excluding hydrogens is 217 g/mol. The maximum Gasteiger partial charge on any atom is 0.127 e. The van der Waals surface area contributed by atoms with Crippen molar-refractivity contribution in [3.05, 3.63) is 35.6 Å². The van der Waals surface area contributed by atoms with E-state index in [1.54, 1.807) is 13.2 Å². The highest BCUT2D eigenvalue weighted by atomic mass is 19.1. The molecule has 1 rings (SSSR count). The zero-order valence-electron chi connectivity index (χ0n) is 10.7. The maximum atomic E-state index is 13.5. The third kappa shape index (κ3) is 5.29. The van der Waals surface area contributed by atoms with Gasteiger partial charge < -0.3 is 10.1 Å². The lowest BCUT2D eigenvalue weighted by Gasteiger charge is -2.14. The van der Waals surface area contributed by atoms with Crippen molar-refractivity contribution >= 4 is 0 Å². The summed E-state index contributed by atoms with van der Waals surface area (Å²) in [6, 6.07) is 6.99. The third-order valence-electron chi connectivity index (χ3n) is 2.85. The molecule has 1 N–H and O–H groups in total. The van der Waals surface area contributed by atoms with E-state index in [2.05, 4.69) is 5.32 Å². The number of rotatable bonds is 8. The SMILES string of the molecule is COCCCCCNC(C)c1ccccc1F. The Morgan fingerprint density at radius 2 is 2.00 bits per heavy atom. The highest BCUT2D eigenvalue weighted by Gasteiger charge is 2.08. The first-order valence-electron chi connectivity index (χ1n) is 6.22. The second-order valence-corrected chi connectivity index (χ2v) is 4.25. The molecular formula is C14H22FNO. The molecule has 0 fully saturated rings. The van der Waals surface area contributed by atoms with Crippen LogP contribution in [-0.4, -0.2) is 20.3 Å². The average molecular weight is 239 g/mol. The quantitative estimate of drug-likeness (QED) is 0.703. The van der Waals surface area contributed by atoms with Crippen LogP contribution >= 0.6 is 0 Å². The normalized spacial score (nSPS) is 12.6. The molecule has 0 amide bonds. The van der Waals surface area contributed by atoms with E-state index in [0.29, 0.717) is 0 Å². The summed E-state index contributed by atoms with van der Waals surface area (Å²) in [5.41, 5.74) is 0.740. The first kappa shape index (κ1) is 14.1. The Hall–Kier alpha value is -0.930. The minimum atomic E-state index is -0.133. The van der Waals surface area contributed by atoms with Gasteiger partial charge in [0.05, 0.1) is 0 Å². The molecule has 0 saturated carbocycles. The third-order valence-corrected chi connectivity index (χ3v) is 2.85. The summed E-state index contributed by atoms with van der Waals surface area (Å²) in [5.74, 6) is -0.133. The van der Waals surface area contributed by atoms with Gasteiger partial charge in [0, 0.05) is 25.3 Å².